The van der Waals surface area contributed by atoms with E-state index in [2.05, 4.69) is 15.3 Å². The molecule has 0 bridgehead atoms. The normalized spacial score (nSPS) is 11.9. The predicted octanol–water partition coefficient (Wildman–Crippen LogP) is 3.88. The molecule has 0 aliphatic rings. The lowest BCUT2D eigenvalue weighted by molar-refractivity contribution is -0.122. The summed E-state index contributed by atoms with van der Waals surface area (Å²) in [6.07, 6.45) is 3.02. The minimum Gasteiger partial charge on any atom is -0.355 e. The molecule has 1 aromatic carbocycles. The average molecular weight is 372 g/mol. The largest absolute Gasteiger partial charge is 0.355 e. The molecule has 0 fully saturated rings. The number of nitrogens with one attached hydrogen (secondary N) is 1. The zero-order chi connectivity index (χ0) is 17.5. The Bertz CT molecular complexity index is 791. The molecular formula is C19H18ClN3OS. The molecule has 0 radical (unpaired) electrons. The van der Waals surface area contributed by atoms with E-state index in [1.165, 1.54) is 0 Å². The van der Waals surface area contributed by atoms with Crippen molar-refractivity contribution in [1.82, 2.24) is 15.3 Å². The molecule has 0 aliphatic carbocycles. The van der Waals surface area contributed by atoms with Gasteiger partial charge in [-0.05, 0) is 29.8 Å². The third-order valence-electron chi connectivity index (χ3n) is 3.89. The van der Waals surface area contributed by atoms with Crippen LogP contribution < -0.4 is 5.32 Å². The van der Waals surface area contributed by atoms with Crippen molar-refractivity contribution in [3.63, 3.8) is 0 Å². The number of thiazole rings is 1. The second-order valence-electron chi connectivity index (χ2n) is 5.65. The first-order chi connectivity index (χ1) is 12.2. The molecule has 128 valence electrons. The molecule has 0 spiro atoms. The molecule has 1 atom stereocenters. The zero-order valence-electron chi connectivity index (χ0n) is 13.6. The van der Waals surface area contributed by atoms with Crippen LogP contribution in [0.3, 0.4) is 0 Å². The summed E-state index contributed by atoms with van der Waals surface area (Å²) in [6, 6.07) is 13.2. The van der Waals surface area contributed by atoms with Gasteiger partial charge in [-0.15, -0.1) is 11.3 Å². The van der Waals surface area contributed by atoms with Gasteiger partial charge in [0.15, 0.2) is 0 Å². The van der Waals surface area contributed by atoms with Crippen molar-refractivity contribution >= 4 is 28.8 Å². The number of aromatic nitrogens is 2. The van der Waals surface area contributed by atoms with Gasteiger partial charge in [0, 0.05) is 41.7 Å². The maximum Gasteiger partial charge on any atom is 0.227 e. The summed E-state index contributed by atoms with van der Waals surface area (Å²) in [6.45, 7) is 0.564. The molecule has 4 nitrogen and oxygen atoms in total. The number of nitrogens with zero attached hydrogens (tertiary/aromatic N) is 2. The summed E-state index contributed by atoms with van der Waals surface area (Å²) < 4.78 is 0. The number of carbonyl (C=O) groups is 1. The first-order valence-corrected chi connectivity index (χ1v) is 9.34. The first-order valence-electron chi connectivity index (χ1n) is 8.02. The molecule has 1 unspecified atom stereocenters. The van der Waals surface area contributed by atoms with Crippen LogP contribution in [0.25, 0.3) is 0 Å². The first kappa shape index (κ1) is 17.6. The van der Waals surface area contributed by atoms with Crippen molar-refractivity contribution in [2.75, 3.05) is 6.54 Å². The van der Waals surface area contributed by atoms with E-state index in [0.717, 1.165) is 23.4 Å². The van der Waals surface area contributed by atoms with Gasteiger partial charge >= 0.3 is 0 Å². The highest BCUT2D eigenvalue weighted by Gasteiger charge is 2.21. The van der Waals surface area contributed by atoms with Crippen molar-refractivity contribution in [3.8, 4) is 0 Å². The highest BCUT2D eigenvalue weighted by Crippen LogP contribution is 2.22. The molecule has 3 aromatic rings. The minimum absolute atomic E-state index is 0.0109. The van der Waals surface area contributed by atoms with E-state index in [1.807, 2.05) is 47.8 Å². The van der Waals surface area contributed by atoms with Crippen LogP contribution in [0.2, 0.25) is 5.02 Å². The van der Waals surface area contributed by atoms with Gasteiger partial charge in [0.25, 0.3) is 0 Å². The summed E-state index contributed by atoms with van der Waals surface area (Å²) in [5.74, 6) is -0.314. The van der Waals surface area contributed by atoms with Crippen LogP contribution in [0, 0.1) is 0 Å². The second-order valence-corrected chi connectivity index (χ2v) is 6.81. The molecule has 2 heterocycles. The van der Waals surface area contributed by atoms with Crippen molar-refractivity contribution < 1.29 is 4.79 Å². The van der Waals surface area contributed by atoms with Crippen LogP contribution in [0.15, 0.2) is 59.6 Å². The topological polar surface area (TPSA) is 54.9 Å². The van der Waals surface area contributed by atoms with E-state index in [0.29, 0.717) is 18.0 Å². The molecular weight excluding hydrogens is 354 g/mol. The SMILES string of the molecule is O=C(NCCc1cscn1)C(Cc1ccccn1)c1ccc(Cl)cc1. The van der Waals surface area contributed by atoms with E-state index in [-0.39, 0.29) is 11.8 Å². The number of hydrogen-bond donors (Lipinski definition) is 1. The number of carbonyl (C=O) groups excluding carboxylic acids is 1. The Labute approximate surface area is 155 Å². The van der Waals surface area contributed by atoms with Crippen LogP contribution in [0.4, 0.5) is 0 Å². The van der Waals surface area contributed by atoms with Crippen LogP contribution >= 0.6 is 22.9 Å². The Balaban J connectivity index is 1.70. The lowest BCUT2D eigenvalue weighted by Gasteiger charge is -2.17. The Hall–Kier alpha value is -2.24. The number of hydrogen-bond acceptors (Lipinski definition) is 4. The number of halogens is 1. The maximum absolute atomic E-state index is 12.8. The Kier molecular flexibility index (Phi) is 6.14. The number of pyridine rings is 1. The van der Waals surface area contributed by atoms with Crippen molar-refractivity contribution in [1.29, 1.82) is 0 Å². The maximum atomic E-state index is 12.8. The molecule has 25 heavy (non-hydrogen) atoms. The third kappa shape index (κ3) is 5.11. The summed E-state index contributed by atoms with van der Waals surface area (Å²) >= 11 is 7.54. The summed E-state index contributed by atoms with van der Waals surface area (Å²) in [5.41, 5.74) is 4.62. The molecule has 0 aliphatic heterocycles. The van der Waals surface area contributed by atoms with E-state index >= 15 is 0 Å². The molecule has 0 saturated carbocycles. The number of rotatable bonds is 7. The van der Waals surface area contributed by atoms with Crippen LogP contribution in [0.5, 0.6) is 0 Å². The second kappa shape index (κ2) is 8.74. The average Bonchev–Trinajstić information content (AvgIpc) is 3.15. The lowest BCUT2D eigenvalue weighted by atomic mass is 9.93. The van der Waals surface area contributed by atoms with E-state index in [4.69, 9.17) is 11.6 Å². The fourth-order valence-corrected chi connectivity index (χ4v) is 3.30. The Morgan fingerprint density at radius 2 is 1.96 bits per heavy atom. The van der Waals surface area contributed by atoms with Crippen LogP contribution in [-0.2, 0) is 17.6 Å². The summed E-state index contributed by atoms with van der Waals surface area (Å²) in [5, 5.41) is 5.67. The standard InChI is InChI=1S/C19H18ClN3OS/c20-15-6-4-14(5-7-15)18(11-16-3-1-2-9-21-16)19(24)22-10-8-17-12-25-13-23-17/h1-7,9,12-13,18H,8,10-11H2,(H,22,24). The molecule has 0 saturated heterocycles. The molecule has 6 heteroatoms. The zero-order valence-corrected chi connectivity index (χ0v) is 15.1. The quantitative estimate of drug-likeness (QED) is 0.685. The molecule has 2 aromatic heterocycles. The molecule has 1 N–H and O–H groups in total. The van der Waals surface area contributed by atoms with Crippen LogP contribution in [-0.4, -0.2) is 22.4 Å². The van der Waals surface area contributed by atoms with E-state index < -0.39 is 0 Å². The van der Waals surface area contributed by atoms with Crippen molar-refractivity contribution in [2.45, 2.75) is 18.8 Å². The van der Waals surface area contributed by atoms with Crippen molar-refractivity contribution in [3.05, 3.63) is 81.5 Å². The van der Waals surface area contributed by atoms with E-state index in [9.17, 15) is 4.79 Å². The molecule has 3 rings (SSSR count). The van der Waals surface area contributed by atoms with Crippen molar-refractivity contribution in [2.24, 2.45) is 0 Å². The smallest absolute Gasteiger partial charge is 0.227 e. The Morgan fingerprint density at radius 1 is 1.12 bits per heavy atom. The van der Waals surface area contributed by atoms with Gasteiger partial charge in [-0.2, -0.15) is 0 Å². The molecule has 1 amide bonds. The predicted molar refractivity (Wildman–Crippen MR) is 101 cm³/mol. The van der Waals surface area contributed by atoms with Gasteiger partial charge in [-0.3, -0.25) is 9.78 Å². The fourth-order valence-electron chi connectivity index (χ4n) is 2.58. The number of benzene rings is 1. The van der Waals surface area contributed by atoms with Gasteiger partial charge in [-0.25, -0.2) is 4.98 Å². The highest BCUT2D eigenvalue weighted by molar-refractivity contribution is 7.07. The highest BCUT2D eigenvalue weighted by atomic mass is 35.5. The minimum atomic E-state index is -0.303. The number of amides is 1. The summed E-state index contributed by atoms with van der Waals surface area (Å²) in [4.78, 5) is 21.4. The van der Waals surface area contributed by atoms with E-state index in [1.54, 1.807) is 23.0 Å². The van der Waals surface area contributed by atoms with Gasteiger partial charge in [0.05, 0.1) is 17.1 Å². The monoisotopic (exact) mass is 371 g/mol. The van der Waals surface area contributed by atoms with Gasteiger partial charge in [0.2, 0.25) is 5.91 Å². The fraction of sp³-hybridized carbons (Fsp3) is 0.211. The summed E-state index contributed by atoms with van der Waals surface area (Å²) in [7, 11) is 0. The van der Waals surface area contributed by atoms with Crippen LogP contribution in [0.1, 0.15) is 22.9 Å². The van der Waals surface area contributed by atoms with Gasteiger partial charge in [0.1, 0.15) is 0 Å². The van der Waals surface area contributed by atoms with Gasteiger partial charge in [-0.1, -0.05) is 29.8 Å². The van der Waals surface area contributed by atoms with Gasteiger partial charge < -0.3 is 5.32 Å². The third-order valence-corrected chi connectivity index (χ3v) is 4.78. The Morgan fingerprint density at radius 3 is 2.64 bits per heavy atom. The lowest BCUT2D eigenvalue weighted by Crippen LogP contribution is -2.32.